The Kier molecular flexibility index (Phi) is 3.71. The van der Waals surface area contributed by atoms with Crippen molar-refractivity contribution in [3.63, 3.8) is 0 Å². The van der Waals surface area contributed by atoms with Crippen molar-refractivity contribution in [1.82, 2.24) is 0 Å². The molecule has 0 aromatic heterocycles. The number of nitrogens with one attached hydrogen (secondary N) is 1. The molecule has 21 heavy (non-hydrogen) atoms. The molecule has 0 bridgehead atoms. The summed E-state index contributed by atoms with van der Waals surface area (Å²) in [5, 5.41) is 3.29. The van der Waals surface area contributed by atoms with Crippen molar-refractivity contribution in [1.29, 1.82) is 0 Å². The van der Waals surface area contributed by atoms with Gasteiger partial charge in [-0.3, -0.25) is 4.79 Å². The number of nitrogen functional groups attached to an aromatic ring is 1. The lowest BCUT2D eigenvalue weighted by Crippen LogP contribution is -2.32. The molecule has 0 aliphatic carbocycles. The van der Waals surface area contributed by atoms with Crippen LogP contribution in [0, 0.1) is 5.92 Å². The standard InChI is InChI=1S/C16H15ClN2O2/c17-13-6-5-12(18)8-14(13)19-16(20)11-7-10-3-1-2-4-15(10)21-9-11/h1-6,8,11H,7,9,18H2,(H,19,20). The highest BCUT2D eigenvalue weighted by atomic mass is 35.5. The Labute approximate surface area is 127 Å². The molecule has 1 heterocycles. The maximum absolute atomic E-state index is 12.4. The average Bonchev–Trinajstić information content (AvgIpc) is 2.50. The van der Waals surface area contributed by atoms with E-state index in [2.05, 4.69) is 5.32 Å². The van der Waals surface area contributed by atoms with Crippen molar-refractivity contribution in [2.75, 3.05) is 17.7 Å². The highest BCUT2D eigenvalue weighted by Crippen LogP contribution is 2.29. The number of amides is 1. The van der Waals surface area contributed by atoms with Gasteiger partial charge in [-0.15, -0.1) is 0 Å². The van der Waals surface area contributed by atoms with Crippen LogP contribution < -0.4 is 15.8 Å². The number of nitrogens with two attached hydrogens (primary N) is 1. The van der Waals surface area contributed by atoms with Crippen molar-refractivity contribution in [2.45, 2.75) is 6.42 Å². The minimum absolute atomic E-state index is 0.114. The molecule has 4 nitrogen and oxygen atoms in total. The summed E-state index contributed by atoms with van der Waals surface area (Å²) < 4.78 is 5.63. The van der Waals surface area contributed by atoms with Gasteiger partial charge in [-0.1, -0.05) is 29.8 Å². The van der Waals surface area contributed by atoms with E-state index in [1.54, 1.807) is 18.2 Å². The molecule has 108 valence electrons. The summed E-state index contributed by atoms with van der Waals surface area (Å²) in [7, 11) is 0. The highest BCUT2D eigenvalue weighted by molar-refractivity contribution is 6.33. The molecule has 3 rings (SSSR count). The molecule has 0 saturated carbocycles. The summed E-state index contributed by atoms with van der Waals surface area (Å²) in [4.78, 5) is 12.4. The van der Waals surface area contributed by atoms with Gasteiger partial charge in [0.1, 0.15) is 12.4 Å². The van der Waals surface area contributed by atoms with Crippen molar-refractivity contribution in [3.8, 4) is 5.75 Å². The quantitative estimate of drug-likeness (QED) is 0.838. The lowest BCUT2D eigenvalue weighted by molar-refractivity contribution is -0.121. The predicted octanol–water partition coefficient (Wildman–Crippen LogP) is 3.11. The molecule has 0 saturated heterocycles. The highest BCUT2D eigenvalue weighted by Gasteiger charge is 2.26. The first-order valence-electron chi connectivity index (χ1n) is 6.70. The van der Waals surface area contributed by atoms with Gasteiger partial charge in [-0.05, 0) is 36.2 Å². The average molecular weight is 303 g/mol. The van der Waals surface area contributed by atoms with Crippen molar-refractivity contribution < 1.29 is 9.53 Å². The second-order valence-corrected chi connectivity index (χ2v) is 5.46. The number of anilines is 2. The Balaban J connectivity index is 1.74. The second-order valence-electron chi connectivity index (χ2n) is 5.05. The number of fused-ring (bicyclic) bond motifs is 1. The van der Waals surface area contributed by atoms with Crippen LogP contribution in [0.4, 0.5) is 11.4 Å². The second kappa shape index (κ2) is 5.66. The molecule has 3 N–H and O–H groups in total. The van der Waals surface area contributed by atoms with Gasteiger partial charge < -0.3 is 15.8 Å². The lowest BCUT2D eigenvalue weighted by Gasteiger charge is -2.24. The Morgan fingerprint density at radius 3 is 2.95 bits per heavy atom. The van der Waals surface area contributed by atoms with E-state index in [1.165, 1.54) is 0 Å². The maximum Gasteiger partial charge on any atom is 0.231 e. The summed E-state index contributed by atoms with van der Waals surface area (Å²) in [5.74, 6) is 0.498. The predicted molar refractivity (Wildman–Crippen MR) is 83.6 cm³/mol. The van der Waals surface area contributed by atoms with Crippen LogP contribution in [0.25, 0.3) is 0 Å². The van der Waals surface area contributed by atoms with Crippen LogP contribution in [-0.2, 0) is 11.2 Å². The van der Waals surface area contributed by atoms with Crippen LogP contribution in [0.15, 0.2) is 42.5 Å². The van der Waals surface area contributed by atoms with Crippen molar-refractivity contribution >= 4 is 28.9 Å². The summed E-state index contributed by atoms with van der Waals surface area (Å²) in [6, 6.07) is 12.8. The number of para-hydroxylation sites is 1. The molecule has 5 heteroatoms. The van der Waals surface area contributed by atoms with Crippen molar-refractivity contribution in [3.05, 3.63) is 53.1 Å². The van der Waals surface area contributed by atoms with Crippen LogP contribution in [0.3, 0.4) is 0 Å². The molecule has 0 radical (unpaired) electrons. The van der Waals surface area contributed by atoms with E-state index in [-0.39, 0.29) is 11.8 Å². The van der Waals surface area contributed by atoms with E-state index in [1.807, 2.05) is 24.3 Å². The number of hydrogen-bond acceptors (Lipinski definition) is 3. The topological polar surface area (TPSA) is 64.3 Å². The van der Waals surface area contributed by atoms with Gasteiger partial charge >= 0.3 is 0 Å². The van der Waals surface area contributed by atoms with Crippen LogP contribution in [0.1, 0.15) is 5.56 Å². The molecule has 0 fully saturated rings. The fourth-order valence-electron chi connectivity index (χ4n) is 2.37. The Morgan fingerprint density at radius 1 is 1.29 bits per heavy atom. The largest absolute Gasteiger partial charge is 0.492 e. The Bertz CT molecular complexity index is 688. The van der Waals surface area contributed by atoms with Crippen LogP contribution in [0.5, 0.6) is 5.75 Å². The number of rotatable bonds is 2. The van der Waals surface area contributed by atoms with Gasteiger partial charge in [0.15, 0.2) is 0 Å². The summed E-state index contributed by atoms with van der Waals surface area (Å²) in [6.07, 6.45) is 0.655. The van der Waals surface area contributed by atoms with Crippen LogP contribution in [-0.4, -0.2) is 12.5 Å². The fourth-order valence-corrected chi connectivity index (χ4v) is 2.53. The Morgan fingerprint density at radius 2 is 2.10 bits per heavy atom. The van der Waals surface area contributed by atoms with Gasteiger partial charge in [0, 0.05) is 5.69 Å². The molecule has 1 aliphatic heterocycles. The molecule has 2 aromatic carbocycles. The minimum atomic E-state index is -0.239. The molecular weight excluding hydrogens is 288 g/mol. The summed E-state index contributed by atoms with van der Waals surface area (Å²) in [6.45, 7) is 0.364. The molecule has 0 spiro atoms. The maximum atomic E-state index is 12.4. The van der Waals surface area contributed by atoms with E-state index >= 15 is 0 Å². The number of hydrogen-bond donors (Lipinski definition) is 2. The van der Waals surface area contributed by atoms with Crippen molar-refractivity contribution in [2.24, 2.45) is 5.92 Å². The smallest absolute Gasteiger partial charge is 0.231 e. The molecule has 1 aliphatic rings. The number of carbonyl (C=O) groups excluding carboxylic acids is 1. The summed E-state index contributed by atoms with van der Waals surface area (Å²) >= 11 is 6.06. The van der Waals surface area contributed by atoms with Gasteiger partial charge in [-0.25, -0.2) is 0 Å². The zero-order valence-corrected chi connectivity index (χ0v) is 12.1. The fraction of sp³-hybridized carbons (Fsp3) is 0.188. The molecule has 1 atom stereocenters. The lowest BCUT2D eigenvalue weighted by atomic mass is 9.96. The third kappa shape index (κ3) is 2.95. The van der Waals surface area contributed by atoms with E-state index in [0.29, 0.717) is 29.4 Å². The van der Waals surface area contributed by atoms with E-state index in [9.17, 15) is 4.79 Å². The van der Waals surface area contributed by atoms with Crippen LogP contribution in [0.2, 0.25) is 5.02 Å². The first kappa shape index (κ1) is 13.8. The van der Waals surface area contributed by atoms with Gasteiger partial charge in [0.05, 0.1) is 16.6 Å². The number of halogens is 1. The first-order valence-corrected chi connectivity index (χ1v) is 7.08. The molecule has 1 amide bonds. The number of ether oxygens (including phenoxy) is 1. The van der Waals surface area contributed by atoms with Gasteiger partial charge in [0.25, 0.3) is 0 Å². The zero-order chi connectivity index (χ0) is 14.8. The Hall–Kier alpha value is -2.20. The molecule has 2 aromatic rings. The minimum Gasteiger partial charge on any atom is -0.492 e. The monoisotopic (exact) mass is 302 g/mol. The van der Waals surface area contributed by atoms with Gasteiger partial charge in [-0.2, -0.15) is 0 Å². The molecule has 1 unspecified atom stereocenters. The number of carbonyl (C=O) groups is 1. The van der Waals surface area contributed by atoms with E-state index < -0.39 is 0 Å². The first-order chi connectivity index (χ1) is 10.1. The zero-order valence-electron chi connectivity index (χ0n) is 11.3. The number of benzene rings is 2. The SMILES string of the molecule is Nc1ccc(Cl)c(NC(=O)C2COc3ccccc3C2)c1. The van der Waals surface area contributed by atoms with Gasteiger partial charge in [0.2, 0.25) is 5.91 Å². The third-order valence-corrected chi connectivity index (χ3v) is 3.83. The van der Waals surface area contributed by atoms with E-state index in [0.717, 1.165) is 11.3 Å². The van der Waals surface area contributed by atoms with Crippen LogP contribution >= 0.6 is 11.6 Å². The third-order valence-electron chi connectivity index (χ3n) is 3.50. The van der Waals surface area contributed by atoms with E-state index in [4.69, 9.17) is 22.1 Å². The summed E-state index contributed by atoms with van der Waals surface area (Å²) in [5.41, 5.74) is 7.84. The molecular formula is C16H15ClN2O2. The normalized spacial score (nSPS) is 16.7.